The van der Waals surface area contributed by atoms with Gasteiger partial charge in [-0.25, -0.2) is 0 Å². The van der Waals surface area contributed by atoms with Crippen LogP contribution in [0.2, 0.25) is 0 Å². The van der Waals surface area contributed by atoms with Crippen molar-refractivity contribution in [2.24, 2.45) is 4.99 Å². The summed E-state index contributed by atoms with van der Waals surface area (Å²) >= 11 is 0. The SMILES string of the molecule is CN=C(NCC1CN(C)CCN1C)N(C)CCOc1cc(C)cc(C)c1.I. The molecule has 1 fully saturated rings. The smallest absolute Gasteiger partial charge is 0.193 e. The number of rotatable bonds is 6. The van der Waals surface area contributed by atoms with Gasteiger partial charge in [0, 0.05) is 46.3 Å². The Kier molecular flexibility index (Phi) is 10.4. The molecule has 27 heavy (non-hydrogen) atoms. The van der Waals surface area contributed by atoms with Crippen molar-refractivity contribution in [3.8, 4) is 5.75 Å². The molecule has 1 aliphatic rings. The van der Waals surface area contributed by atoms with Crippen molar-refractivity contribution in [2.75, 3.05) is 67.5 Å². The number of piperazine rings is 1. The number of nitrogens with one attached hydrogen (secondary N) is 1. The molecular weight excluding hydrogens is 453 g/mol. The van der Waals surface area contributed by atoms with Gasteiger partial charge >= 0.3 is 0 Å². The van der Waals surface area contributed by atoms with E-state index in [1.165, 1.54) is 11.1 Å². The van der Waals surface area contributed by atoms with Crippen molar-refractivity contribution in [1.29, 1.82) is 0 Å². The highest BCUT2D eigenvalue weighted by molar-refractivity contribution is 14.0. The van der Waals surface area contributed by atoms with E-state index < -0.39 is 0 Å². The van der Waals surface area contributed by atoms with Crippen LogP contribution < -0.4 is 10.1 Å². The number of aryl methyl sites for hydroxylation is 2. The third-order valence-corrected chi connectivity index (χ3v) is 4.94. The zero-order chi connectivity index (χ0) is 19.1. The quantitative estimate of drug-likeness (QED) is 0.377. The molecule has 0 saturated carbocycles. The van der Waals surface area contributed by atoms with Gasteiger partial charge in [-0.15, -0.1) is 24.0 Å². The lowest BCUT2D eigenvalue weighted by Gasteiger charge is -2.38. The van der Waals surface area contributed by atoms with Gasteiger partial charge in [-0.05, 0) is 51.2 Å². The van der Waals surface area contributed by atoms with Crippen LogP contribution in [0.3, 0.4) is 0 Å². The van der Waals surface area contributed by atoms with E-state index in [4.69, 9.17) is 4.74 Å². The molecule has 1 N–H and O–H groups in total. The number of benzene rings is 1. The molecule has 0 spiro atoms. The second kappa shape index (κ2) is 11.7. The predicted octanol–water partition coefficient (Wildman–Crippen LogP) is 2.05. The van der Waals surface area contributed by atoms with E-state index in [1.54, 1.807) is 0 Å². The molecule has 1 atom stereocenters. The van der Waals surface area contributed by atoms with Crippen LogP contribution in [-0.4, -0.2) is 94.2 Å². The van der Waals surface area contributed by atoms with Gasteiger partial charge < -0.3 is 19.9 Å². The van der Waals surface area contributed by atoms with E-state index in [0.29, 0.717) is 12.6 Å². The van der Waals surface area contributed by atoms with Gasteiger partial charge in [-0.1, -0.05) is 6.07 Å². The van der Waals surface area contributed by atoms with E-state index in [0.717, 1.165) is 44.4 Å². The molecule has 0 aromatic heterocycles. The second-order valence-electron chi connectivity index (χ2n) is 7.42. The summed E-state index contributed by atoms with van der Waals surface area (Å²) in [6.07, 6.45) is 0. The van der Waals surface area contributed by atoms with Crippen LogP contribution in [-0.2, 0) is 0 Å². The molecule has 0 aliphatic carbocycles. The summed E-state index contributed by atoms with van der Waals surface area (Å²) in [6, 6.07) is 6.82. The van der Waals surface area contributed by atoms with Crippen molar-refractivity contribution in [3.05, 3.63) is 29.3 Å². The lowest BCUT2D eigenvalue weighted by Crippen LogP contribution is -2.55. The molecule has 1 aromatic carbocycles. The zero-order valence-corrected chi connectivity index (χ0v) is 20.0. The van der Waals surface area contributed by atoms with Gasteiger partial charge in [0.05, 0.1) is 6.54 Å². The number of ether oxygens (including phenoxy) is 1. The maximum atomic E-state index is 5.92. The summed E-state index contributed by atoms with van der Waals surface area (Å²) in [6.45, 7) is 9.84. The molecule has 0 amide bonds. The number of halogens is 1. The third-order valence-electron chi connectivity index (χ3n) is 4.94. The molecule has 0 radical (unpaired) electrons. The van der Waals surface area contributed by atoms with Crippen molar-refractivity contribution >= 4 is 29.9 Å². The fraction of sp³-hybridized carbons (Fsp3) is 0.650. The Bertz CT molecular complexity index is 590. The van der Waals surface area contributed by atoms with Crippen LogP contribution in [0.4, 0.5) is 0 Å². The third kappa shape index (κ3) is 7.83. The lowest BCUT2D eigenvalue weighted by molar-refractivity contribution is 0.116. The molecule has 7 heteroatoms. The molecule has 1 saturated heterocycles. The highest BCUT2D eigenvalue weighted by Crippen LogP contribution is 2.16. The number of likely N-dealkylation sites (N-methyl/N-ethyl adjacent to an activating group) is 3. The Balaban J connectivity index is 0.00000364. The Labute approximate surface area is 182 Å². The van der Waals surface area contributed by atoms with E-state index in [2.05, 4.69) is 78.2 Å². The average molecular weight is 489 g/mol. The number of nitrogens with zero attached hydrogens (tertiary/aromatic N) is 4. The first-order valence-corrected chi connectivity index (χ1v) is 9.40. The fourth-order valence-electron chi connectivity index (χ4n) is 3.34. The van der Waals surface area contributed by atoms with E-state index in [-0.39, 0.29) is 24.0 Å². The maximum Gasteiger partial charge on any atom is 0.193 e. The minimum absolute atomic E-state index is 0. The van der Waals surface area contributed by atoms with E-state index in [9.17, 15) is 0 Å². The number of aliphatic imine (C=N–C) groups is 1. The summed E-state index contributed by atoms with van der Waals surface area (Å²) in [7, 11) is 8.27. The summed E-state index contributed by atoms with van der Waals surface area (Å²) in [5, 5.41) is 3.51. The summed E-state index contributed by atoms with van der Waals surface area (Å²) < 4.78 is 5.92. The van der Waals surface area contributed by atoms with Crippen molar-refractivity contribution < 1.29 is 4.74 Å². The molecule has 1 heterocycles. The van der Waals surface area contributed by atoms with Gasteiger partial charge in [-0.2, -0.15) is 0 Å². The topological polar surface area (TPSA) is 43.3 Å². The minimum atomic E-state index is 0. The van der Waals surface area contributed by atoms with Crippen molar-refractivity contribution in [1.82, 2.24) is 20.0 Å². The van der Waals surface area contributed by atoms with Crippen molar-refractivity contribution in [2.45, 2.75) is 19.9 Å². The molecule has 6 nitrogen and oxygen atoms in total. The molecule has 154 valence electrons. The van der Waals surface area contributed by atoms with Gasteiger partial charge in [0.1, 0.15) is 12.4 Å². The molecule has 1 aliphatic heterocycles. The number of hydrogen-bond acceptors (Lipinski definition) is 4. The van der Waals surface area contributed by atoms with E-state index >= 15 is 0 Å². The Morgan fingerprint density at radius 3 is 2.52 bits per heavy atom. The maximum absolute atomic E-state index is 5.92. The van der Waals surface area contributed by atoms with Crippen LogP contribution in [0.25, 0.3) is 0 Å². The Hall–Kier alpha value is -1.06. The lowest BCUT2D eigenvalue weighted by atomic mass is 10.1. The Morgan fingerprint density at radius 2 is 1.89 bits per heavy atom. The largest absolute Gasteiger partial charge is 0.492 e. The molecular formula is C20H36IN5O. The van der Waals surface area contributed by atoms with Crippen LogP contribution in [0.15, 0.2) is 23.2 Å². The van der Waals surface area contributed by atoms with Gasteiger partial charge in [0.15, 0.2) is 5.96 Å². The molecule has 0 bridgehead atoms. The standard InChI is InChI=1S/C20H35N5O.HI/c1-16-11-17(2)13-19(12-16)26-10-9-25(6)20(21-3)22-14-18-15-23(4)7-8-24(18)5;/h11-13,18H,7-10,14-15H2,1-6H3,(H,21,22);1H. The monoisotopic (exact) mass is 489 g/mol. The van der Waals surface area contributed by atoms with Crippen LogP contribution >= 0.6 is 24.0 Å². The summed E-state index contributed by atoms with van der Waals surface area (Å²) in [5.41, 5.74) is 2.46. The van der Waals surface area contributed by atoms with Gasteiger partial charge in [0.2, 0.25) is 0 Å². The normalized spacial score (nSPS) is 18.7. The highest BCUT2D eigenvalue weighted by atomic mass is 127. The minimum Gasteiger partial charge on any atom is -0.492 e. The number of guanidine groups is 1. The van der Waals surface area contributed by atoms with Gasteiger partial charge in [-0.3, -0.25) is 9.89 Å². The van der Waals surface area contributed by atoms with E-state index in [1.807, 2.05) is 7.05 Å². The highest BCUT2D eigenvalue weighted by Gasteiger charge is 2.22. The summed E-state index contributed by atoms with van der Waals surface area (Å²) in [4.78, 5) is 11.3. The summed E-state index contributed by atoms with van der Waals surface area (Å²) in [5.74, 6) is 1.85. The first-order valence-electron chi connectivity index (χ1n) is 9.40. The molecule has 1 unspecified atom stereocenters. The zero-order valence-electron chi connectivity index (χ0n) is 17.7. The second-order valence-corrected chi connectivity index (χ2v) is 7.42. The molecule has 2 rings (SSSR count). The first kappa shape index (κ1) is 24.0. The number of hydrogen-bond donors (Lipinski definition) is 1. The first-order chi connectivity index (χ1) is 12.4. The van der Waals surface area contributed by atoms with Crippen LogP contribution in [0.1, 0.15) is 11.1 Å². The van der Waals surface area contributed by atoms with Crippen molar-refractivity contribution in [3.63, 3.8) is 0 Å². The Morgan fingerprint density at radius 1 is 1.22 bits per heavy atom. The average Bonchev–Trinajstić information content (AvgIpc) is 2.57. The molecule has 1 aromatic rings. The van der Waals surface area contributed by atoms with Gasteiger partial charge in [0.25, 0.3) is 0 Å². The van der Waals surface area contributed by atoms with Crippen LogP contribution in [0.5, 0.6) is 5.75 Å². The predicted molar refractivity (Wildman–Crippen MR) is 125 cm³/mol. The fourth-order valence-corrected chi connectivity index (χ4v) is 3.34. The van der Waals surface area contributed by atoms with Crippen LogP contribution in [0, 0.1) is 13.8 Å².